The van der Waals surface area contributed by atoms with Crippen LogP contribution < -0.4 is 5.32 Å². The predicted octanol–water partition coefficient (Wildman–Crippen LogP) is 2.60. The second-order valence-corrected chi connectivity index (χ2v) is 4.84. The lowest BCUT2D eigenvalue weighted by atomic mass is 10.1. The first kappa shape index (κ1) is 13.2. The highest BCUT2D eigenvalue weighted by Crippen LogP contribution is 2.33. The number of hydrogen-bond acceptors (Lipinski definition) is 2. The molecule has 1 aromatic carbocycles. The van der Waals surface area contributed by atoms with Crippen molar-refractivity contribution in [1.82, 2.24) is 15.1 Å². The topological polar surface area (TPSA) is 29.9 Å². The van der Waals surface area contributed by atoms with Gasteiger partial charge < -0.3 is 5.32 Å². The third-order valence-electron chi connectivity index (χ3n) is 3.45. The number of halogens is 3. The van der Waals surface area contributed by atoms with E-state index < -0.39 is 11.9 Å². The van der Waals surface area contributed by atoms with Crippen LogP contribution in [-0.4, -0.2) is 16.3 Å². The first-order valence-electron chi connectivity index (χ1n) is 6.46. The van der Waals surface area contributed by atoms with E-state index in [4.69, 9.17) is 0 Å². The number of rotatable bonds is 2. The van der Waals surface area contributed by atoms with Gasteiger partial charge >= 0.3 is 6.18 Å². The minimum Gasteiger partial charge on any atom is -0.312 e. The summed E-state index contributed by atoms with van der Waals surface area (Å²) in [6, 6.07) is 9.41. The average molecular weight is 281 g/mol. The molecule has 0 saturated heterocycles. The van der Waals surface area contributed by atoms with E-state index in [0.29, 0.717) is 30.8 Å². The molecule has 3 rings (SSSR count). The zero-order chi connectivity index (χ0) is 14.2. The predicted molar refractivity (Wildman–Crippen MR) is 68.2 cm³/mol. The summed E-state index contributed by atoms with van der Waals surface area (Å²) < 4.78 is 40.6. The van der Waals surface area contributed by atoms with Gasteiger partial charge in [-0.2, -0.15) is 18.3 Å². The maximum absolute atomic E-state index is 13.0. The summed E-state index contributed by atoms with van der Waals surface area (Å²) in [4.78, 5) is 0. The molecular weight excluding hydrogens is 267 g/mol. The molecule has 0 bridgehead atoms. The molecule has 106 valence electrons. The molecule has 2 heterocycles. The lowest BCUT2D eigenvalue weighted by Crippen LogP contribution is -2.26. The number of aromatic nitrogens is 2. The third-order valence-corrected chi connectivity index (χ3v) is 3.45. The average Bonchev–Trinajstić information content (AvgIpc) is 2.79. The molecule has 0 spiro atoms. The van der Waals surface area contributed by atoms with Crippen molar-refractivity contribution in [2.75, 3.05) is 6.54 Å². The first-order chi connectivity index (χ1) is 9.55. The Bertz CT molecular complexity index is 602. The Morgan fingerprint density at radius 2 is 1.95 bits per heavy atom. The van der Waals surface area contributed by atoms with Crippen molar-refractivity contribution in [1.29, 1.82) is 0 Å². The van der Waals surface area contributed by atoms with Crippen molar-refractivity contribution < 1.29 is 13.2 Å². The summed E-state index contributed by atoms with van der Waals surface area (Å²) in [5, 5.41) is 6.79. The lowest BCUT2D eigenvalue weighted by molar-refractivity contribution is -0.142. The molecule has 1 aliphatic rings. The second-order valence-electron chi connectivity index (χ2n) is 4.84. The molecule has 0 unspecified atom stereocenters. The quantitative estimate of drug-likeness (QED) is 0.917. The van der Waals surface area contributed by atoms with Crippen molar-refractivity contribution in [3.63, 3.8) is 0 Å². The molecule has 0 atom stereocenters. The van der Waals surface area contributed by atoms with E-state index in [2.05, 4.69) is 10.4 Å². The van der Waals surface area contributed by atoms with E-state index in [1.807, 2.05) is 30.3 Å². The molecule has 0 fully saturated rings. The highest BCUT2D eigenvalue weighted by atomic mass is 19.4. The largest absolute Gasteiger partial charge is 0.435 e. The summed E-state index contributed by atoms with van der Waals surface area (Å²) >= 11 is 0. The fraction of sp³-hybridized carbons (Fsp3) is 0.357. The molecule has 20 heavy (non-hydrogen) atoms. The summed E-state index contributed by atoms with van der Waals surface area (Å²) in [5.74, 6) is 0. The summed E-state index contributed by atoms with van der Waals surface area (Å²) in [6.45, 7) is 1.29. The van der Waals surface area contributed by atoms with Gasteiger partial charge in [0.05, 0.1) is 6.54 Å². The number of benzene rings is 1. The van der Waals surface area contributed by atoms with Crippen LogP contribution in [0, 0.1) is 0 Å². The summed E-state index contributed by atoms with van der Waals surface area (Å²) in [6.07, 6.45) is -3.82. The van der Waals surface area contributed by atoms with Gasteiger partial charge in [-0.15, -0.1) is 0 Å². The number of nitrogens with zero attached hydrogens (tertiary/aromatic N) is 2. The van der Waals surface area contributed by atoms with E-state index in [0.717, 1.165) is 5.56 Å². The van der Waals surface area contributed by atoms with E-state index in [-0.39, 0.29) is 6.54 Å². The van der Waals surface area contributed by atoms with Crippen molar-refractivity contribution in [2.24, 2.45) is 0 Å². The number of alkyl halides is 3. The Balaban J connectivity index is 2.01. The fourth-order valence-electron chi connectivity index (χ4n) is 2.53. The zero-order valence-corrected chi connectivity index (χ0v) is 10.7. The number of nitrogens with one attached hydrogen (secondary N) is 1. The Hall–Kier alpha value is -1.82. The number of hydrogen-bond donors (Lipinski definition) is 1. The van der Waals surface area contributed by atoms with Crippen LogP contribution in [0.1, 0.15) is 22.5 Å². The Kier molecular flexibility index (Phi) is 3.25. The highest BCUT2D eigenvalue weighted by molar-refractivity contribution is 5.31. The molecule has 0 radical (unpaired) electrons. The standard InChI is InChI=1S/C14H14F3N3/c15-14(16,17)13-11-8-18-7-6-12(11)20(19-13)9-10-4-2-1-3-5-10/h1-5,18H,6-9H2. The van der Waals surface area contributed by atoms with Crippen LogP contribution in [0.15, 0.2) is 30.3 Å². The van der Waals surface area contributed by atoms with Gasteiger partial charge in [0.2, 0.25) is 0 Å². The molecule has 6 heteroatoms. The summed E-state index contributed by atoms with van der Waals surface area (Å²) in [7, 11) is 0. The molecule has 0 amide bonds. The molecule has 0 saturated carbocycles. The molecule has 0 aliphatic carbocycles. The van der Waals surface area contributed by atoms with Gasteiger partial charge in [-0.25, -0.2) is 0 Å². The van der Waals surface area contributed by atoms with Gasteiger partial charge in [0.15, 0.2) is 5.69 Å². The smallest absolute Gasteiger partial charge is 0.312 e. The van der Waals surface area contributed by atoms with E-state index in [1.165, 1.54) is 4.68 Å². The minimum atomic E-state index is -4.40. The van der Waals surface area contributed by atoms with Crippen LogP contribution in [-0.2, 0) is 25.7 Å². The first-order valence-corrected chi connectivity index (χ1v) is 6.46. The SMILES string of the molecule is FC(F)(F)c1nn(Cc2ccccc2)c2c1CNCC2. The molecule has 2 aromatic rings. The van der Waals surface area contributed by atoms with Gasteiger partial charge in [-0.05, 0) is 5.56 Å². The van der Waals surface area contributed by atoms with E-state index >= 15 is 0 Å². The van der Waals surface area contributed by atoms with Crippen LogP contribution in [0.3, 0.4) is 0 Å². The fourth-order valence-corrected chi connectivity index (χ4v) is 2.53. The lowest BCUT2D eigenvalue weighted by Gasteiger charge is -2.16. The molecule has 1 N–H and O–H groups in total. The van der Waals surface area contributed by atoms with Crippen LogP contribution >= 0.6 is 0 Å². The van der Waals surface area contributed by atoms with Crippen LogP contribution in [0.4, 0.5) is 13.2 Å². The normalized spacial score (nSPS) is 15.2. The summed E-state index contributed by atoms with van der Waals surface area (Å²) in [5.41, 5.74) is 1.18. The van der Waals surface area contributed by atoms with Crippen LogP contribution in [0.5, 0.6) is 0 Å². The monoisotopic (exact) mass is 281 g/mol. The second kappa shape index (κ2) is 4.94. The Labute approximate surface area is 114 Å². The maximum Gasteiger partial charge on any atom is 0.435 e. The van der Waals surface area contributed by atoms with E-state index in [9.17, 15) is 13.2 Å². The molecule has 3 nitrogen and oxygen atoms in total. The van der Waals surface area contributed by atoms with Gasteiger partial charge in [0, 0.05) is 30.8 Å². The van der Waals surface area contributed by atoms with Crippen molar-refractivity contribution >= 4 is 0 Å². The number of fused-ring (bicyclic) bond motifs is 1. The third kappa shape index (κ3) is 2.43. The Morgan fingerprint density at radius 3 is 2.65 bits per heavy atom. The van der Waals surface area contributed by atoms with Crippen molar-refractivity contribution in [3.05, 3.63) is 52.8 Å². The minimum absolute atomic E-state index is 0.235. The zero-order valence-electron chi connectivity index (χ0n) is 10.7. The highest BCUT2D eigenvalue weighted by Gasteiger charge is 2.39. The van der Waals surface area contributed by atoms with E-state index in [1.54, 1.807) is 0 Å². The Morgan fingerprint density at radius 1 is 1.20 bits per heavy atom. The maximum atomic E-state index is 13.0. The van der Waals surface area contributed by atoms with Crippen molar-refractivity contribution in [2.45, 2.75) is 25.7 Å². The van der Waals surface area contributed by atoms with Crippen molar-refractivity contribution in [3.8, 4) is 0 Å². The van der Waals surface area contributed by atoms with Crippen LogP contribution in [0.2, 0.25) is 0 Å². The molecule has 1 aliphatic heterocycles. The van der Waals surface area contributed by atoms with Crippen LogP contribution in [0.25, 0.3) is 0 Å². The molecule has 1 aromatic heterocycles. The van der Waals surface area contributed by atoms with Gasteiger partial charge in [-0.3, -0.25) is 4.68 Å². The van der Waals surface area contributed by atoms with Gasteiger partial charge in [-0.1, -0.05) is 30.3 Å². The molecular formula is C14H14F3N3. The van der Waals surface area contributed by atoms with Gasteiger partial charge in [0.25, 0.3) is 0 Å². The van der Waals surface area contributed by atoms with Gasteiger partial charge in [0.1, 0.15) is 0 Å².